The molecule has 0 amide bonds. The molecule has 2 aliphatic rings. The summed E-state index contributed by atoms with van der Waals surface area (Å²) in [7, 11) is 0. The Kier molecular flexibility index (Phi) is 7.49. The monoisotopic (exact) mass is 471 g/mol. The van der Waals surface area contributed by atoms with Gasteiger partial charge in [-0.3, -0.25) is 0 Å². The van der Waals surface area contributed by atoms with Gasteiger partial charge >= 0.3 is 6.16 Å². The first kappa shape index (κ1) is 23.1. The first-order valence-corrected chi connectivity index (χ1v) is 12.2. The van der Waals surface area contributed by atoms with Crippen LogP contribution < -0.4 is 14.8 Å². The van der Waals surface area contributed by atoms with Gasteiger partial charge < -0.3 is 25.0 Å². The van der Waals surface area contributed by atoms with Gasteiger partial charge in [0.15, 0.2) is 11.5 Å². The second kappa shape index (κ2) is 10.7. The van der Waals surface area contributed by atoms with E-state index < -0.39 is 6.16 Å². The lowest BCUT2D eigenvalue weighted by atomic mass is 9.88. The number of ether oxygens (including phenoxy) is 2. The average molecular weight is 472 g/mol. The van der Waals surface area contributed by atoms with Gasteiger partial charge in [-0.2, -0.15) is 0 Å². The zero-order valence-corrected chi connectivity index (χ0v) is 19.5. The van der Waals surface area contributed by atoms with Crippen LogP contribution in [0.4, 0.5) is 10.6 Å². The molecule has 1 saturated carbocycles. The zero-order chi connectivity index (χ0) is 23.2. The molecule has 0 atom stereocenters. The van der Waals surface area contributed by atoms with Gasteiger partial charge in [-0.05, 0) is 54.8 Å². The number of thiophene rings is 1. The molecule has 3 heterocycles. The van der Waals surface area contributed by atoms with Crippen LogP contribution in [0.15, 0.2) is 23.6 Å². The van der Waals surface area contributed by atoms with Crippen molar-refractivity contribution in [2.75, 3.05) is 25.1 Å². The number of carbonyl (C=O) groups is 1. The molecule has 1 aliphatic carbocycles. The molecule has 9 heteroatoms. The molecule has 176 valence electrons. The maximum atomic E-state index is 8.56. The van der Waals surface area contributed by atoms with Gasteiger partial charge in [-0.1, -0.05) is 25.3 Å². The van der Waals surface area contributed by atoms with Crippen LogP contribution in [0.1, 0.15) is 55.0 Å². The number of aryl methyl sites for hydroxylation is 1. The Bertz CT molecular complexity index is 1110. The van der Waals surface area contributed by atoms with Gasteiger partial charge in [0.05, 0.1) is 5.39 Å². The highest BCUT2D eigenvalue weighted by molar-refractivity contribution is 7.17. The summed E-state index contributed by atoms with van der Waals surface area (Å²) in [5, 5.41) is 20.9. The Labute approximate surface area is 196 Å². The Balaban J connectivity index is 0.000000601. The van der Waals surface area contributed by atoms with E-state index in [0.29, 0.717) is 19.1 Å². The van der Waals surface area contributed by atoms with Crippen LogP contribution in [-0.2, 0) is 6.42 Å². The van der Waals surface area contributed by atoms with Gasteiger partial charge in [-0.25, -0.2) is 14.8 Å². The first-order valence-electron chi connectivity index (χ1n) is 11.3. The molecule has 2 aromatic heterocycles. The molecule has 0 unspecified atom stereocenters. The highest BCUT2D eigenvalue weighted by atomic mass is 32.1. The Morgan fingerprint density at radius 1 is 1.12 bits per heavy atom. The van der Waals surface area contributed by atoms with Gasteiger partial charge in [-0.15, -0.1) is 11.3 Å². The molecular formula is C24H29N3O5S. The SMILES string of the molecule is Cc1csc2nc(C3CCCCC3)nc(NCCc3ccc4c(c3)OCCO4)c12.O=C(O)O. The molecule has 1 aromatic carbocycles. The number of nitrogens with one attached hydrogen (secondary N) is 1. The van der Waals surface area contributed by atoms with Gasteiger partial charge in [0.25, 0.3) is 0 Å². The lowest BCUT2D eigenvalue weighted by molar-refractivity contribution is 0.137. The maximum Gasteiger partial charge on any atom is 0.503 e. The standard InChI is InChI=1S/C23H27N3O2S.CH2O3/c1-15-14-29-23-20(15)22(25-21(26-23)17-5-3-2-4-6-17)24-10-9-16-7-8-18-19(13-16)28-12-11-27-18;2-1(3)4/h7-8,13-14,17H,2-6,9-12H2,1H3,(H,24,25,26);(H2,2,3,4). The minimum atomic E-state index is -1.83. The molecular weight excluding hydrogens is 442 g/mol. The van der Waals surface area contributed by atoms with Crippen molar-refractivity contribution in [1.82, 2.24) is 9.97 Å². The van der Waals surface area contributed by atoms with E-state index in [0.717, 1.165) is 40.9 Å². The first-order chi connectivity index (χ1) is 16.0. The third kappa shape index (κ3) is 5.84. The summed E-state index contributed by atoms with van der Waals surface area (Å²) in [6.45, 7) is 4.22. The van der Waals surface area contributed by atoms with Crippen molar-refractivity contribution in [2.45, 2.75) is 51.4 Å². The highest BCUT2D eigenvalue weighted by Crippen LogP contribution is 2.36. The number of fused-ring (bicyclic) bond motifs is 2. The lowest BCUT2D eigenvalue weighted by Crippen LogP contribution is -2.16. The molecule has 0 spiro atoms. The van der Waals surface area contributed by atoms with E-state index in [2.05, 4.69) is 29.8 Å². The van der Waals surface area contributed by atoms with Crippen molar-refractivity contribution in [2.24, 2.45) is 0 Å². The van der Waals surface area contributed by atoms with E-state index in [1.165, 1.54) is 48.6 Å². The minimum Gasteiger partial charge on any atom is -0.486 e. The molecule has 3 aromatic rings. The van der Waals surface area contributed by atoms with Crippen LogP contribution in [0.3, 0.4) is 0 Å². The van der Waals surface area contributed by atoms with Gasteiger partial charge in [0.1, 0.15) is 29.7 Å². The minimum absolute atomic E-state index is 0.508. The Morgan fingerprint density at radius 2 is 1.85 bits per heavy atom. The third-order valence-corrected chi connectivity index (χ3v) is 6.91. The Hall–Kier alpha value is -3.07. The number of hydrogen-bond acceptors (Lipinski definition) is 7. The predicted octanol–water partition coefficient (Wildman–Crippen LogP) is 5.70. The summed E-state index contributed by atoms with van der Waals surface area (Å²) in [4.78, 5) is 19.6. The van der Waals surface area contributed by atoms with E-state index in [1.54, 1.807) is 11.3 Å². The number of nitrogens with zero attached hydrogens (tertiary/aromatic N) is 2. The second-order valence-corrected chi connectivity index (χ2v) is 9.16. The van der Waals surface area contributed by atoms with Crippen LogP contribution >= 0.6 is 11.3 Å². The summed E-state index contributed by atoms with van der Waals surface area (Å²) in [5.41, 5.74) is 2.49. The number of hydrogen-bond donors (Lipinski definition) is 3. The van der Waals surface area contributed by atoms with Crippen LogP contribution in [0.5, 0.6) is 11.5 Å². The summed E-state index contributed by atoms with van der Waals surface area (Å²) in [6, 6.07) is 6.22. The number of rotatable bonds is 5. The zero-order valence-electron chi connectivity index (χ0n) is 18.7. The number of aromatic nitrogens is 2. The fourth-order valence-corrected chi connectivity index (χ4v) is 5.27. The van der Waals surface area contributed by atoms with Crippen LogP contribution in [0, 0.1) is 6.92 Å². The molecule has 1 aliphatic heterocycles. The predicted molar refractivity (Wildman–Crippen MR) is 128 cm³/mol. The van der Waals surface area contributed by atoms with Crippen LogP contribution in [0.25, 0.3) is 10.2 Å². The molecule has 3 N–H and O–H groups in total. The molecule has 0 saturated heterocycles. The van der Waals surface area contributed by atoms with Crippen molar-refractivity contribution in [1.29, 1.82) is 0 Å². The van der Waals surface area contributed by atoms with Gasteiger partial charge in [0, 0.05) is 12.5 Å². The summed E-state index contributed by atoms with van der Waals surface area (Å²) in [5.74, 6) is 4.23. The number of anilines is 1. The Morgan fingerprint density at radius 3 is 2.61 bits per heavy atom. The van der Waals surface area contributed by atoms with E-state index in [9.17, 15) is 0 Å². The van der Waals surface area contributed by atoms with Crippen molar-refractivity contribution < 1.29 is 24.5 Å². The van der Waals surface area contributed by atoms with Crippen LogP contribution in [-0.4, -0.2) is 46.1 Å². The van der Waals surface area contributed by atoms with Gasteiger partial charge in [0.2, 0.25) is 0 Å². The van der Waals surface area contributed by atoms with Crippen molar-refractivity contribution in [3.8, 4) is 11.5 Å². The van der Waals surface area contributed by atoms with Crippen molar-refractivity contribution in [3.05, 3.63) is 40.5 Å². The fraction of sp³-hybridized carbons (Fsp3) is 0.458. The molecule has 1 fully saturated rings. The fourth-order valence-electron chi connectivity index (χ4n) is 4.34. The molecule has 8 nitrogen and oxygen atoms in total. The number of benzene rings is 1. The molecule has 0 bridgehead atoms. The van der Waals surface area contributed by atoms with Crippen molar-refractivity contribution in [3.63, 3.8) is 0 Å². The van der Waals surface area contributed by atoms with E-state index in [-0.39, 0.29) is 0 Å². The average Bonchev–Trinajstić information content (AvgIpc) is 3.20. The summed E-state index contributed by atoms with van der Waals surface area (Å²) >= 11 is 1.73. The summed E-state index contributed by atoms with van der Waals surface area (Å²) < 4.78 is 11.3. The van der Waals surface area contributed by atoms with E-state index >= 15 is 0 Å². The quantitative estimate of drug-likeness (QED) is 0.434. The third-order valence-electron chi connectivity index (χ3n) is 5.92. The molecule has 0 radical (unpaired) electrons. The smallest absolute Gasteiger partial charge is 0.486 e. The topological polar surface area (TPSA) is 114 Å². The highest BCUT2D eigenvalue weighted by Gasteiger charge is 2.21. The lowest BCUT2D eigenvalue weighted by Gasteiger charge is -2.21. The second-order valence-electron chi connectivity index (χ2n) is 8.30. The number of carboxylic acid groups (broad SMARTS) is 2. The maximum absolute atomic E-state index is 8.56. The molecule has 5 rings (SSSR count). The normalized spacial score (nSPS) is 15.5. The summed E-state index contributed by atoms with van der Waals surface area (Å²) in [6.07, 6.45) is 5.44. The van der Waals surface area contributed by atoms with Crippen molar-refractivity contribution >= 4 is 33.5 Å². The largest absolute Gasteiger partial charge is 0.503 e. The van der Waals surface area contributed by atoms with E-state index in [1.807, 2.05) is 6.07 Å². The van der Waals surface area contributed by atoms with Crippen LogP contribution in [0.2, 0.25) is 0 Å². The molecule has 33 heavy (non-hydrogen) atoms. The van der Waals surface area contributed by atoms with E-state index in [4.69, 9.17) is 34.4 Å².